The number of benzene rings is 1. The summed E-state index contributed by atoms with van der Waals surface area (Å²) < 4.78 is 37.7. The molecule has 0 aliphatic heterocycles. The van der Waals surface area contributed by atoms with Crippen LogP contribution in [0.25, 0.3) is 0 Å². The predicted octanol–water partition coefficient (Wildman–Crippen LogP) is 3.66. The number of urea groups is 1. The number of nitriles is 1. The normalized spacial score (nSPS) is 17.0. The smallest absolute Gasteiger partial charge is 0.319 e. The predicted molar refractivity (Wildman–Crippen MR) is 70.4 cm³/mol. The van der Waals surface area contributed by atoms with Crippen molar-refractivity contribution in [3.8, 4) is 6.07 Å². The summed E-state index contributed by atoms with van der Waals surface area (Å²) >= 11 is 0. The molecule has 1 saturated carbocycles. The van der Waals surface area contributed by atoms with Crippen LogP contribution in [0.1, 0.15) is 31.2 Å². The van der Waals surface area contributed by atoms with Crippen LogP contribution >= 0.6 is 0 Å². The zero-order valence-corrected chi connectivity index (χ0v) is 11.1. The minimum absolute atomic E-state index is 0.0356. The number of carbonyl (C=O) groups excluding carboxylic acids is 1. The van der Waals surface area contributed by atoms with Crippen molar-refractivity contribution in [3.05, 3.63) is 29.8 Å². The summed E-state index contributed by atoms with van der Waals surface area (Å²) in [6.07, 6.45) is -1.67. The zero-order valence-electron chi connectivity index (χ0n) is 11.1. The van der Waals surface area contributed by atoms with Gasteiger partial charge in [0.15, 0.2) is 0 Å². The topological polar surface area (TPSA) is 64.9 Å². The SMILES string of the molecule is N#CC1(NC(=O)Nc2cccc(C(F)(F)F)c2)CCCC1. The fraction of sp³-hybridized carbons (Fsp3) is 0.429. The van der Waals surface area contributed by atoms with Crippen molar-refractivity contribution in [1.29, 1.82) is 5.26 Å². The first kappa shape index (κ1) is 15.2. The Hall–Kier alpha value is -2.23. The molecule has 1 aromatic carbocycles. The van der Waals surface area contributed by atoms with E-state index in [4.69, 9.17) is 5.26 Å². The molecular weight excluding hydrogens is 283 g/mol. The lowest BCUT2D eigenvalue weighted by Crippen LogP contribution is -2.47. The van der Waals surface area contributed by atoms with Gasteiger partial charge in [0.05, 0.1) is 11.6 Å². The third kappa shape index (κ3) is 3.66. The highest BCUT2D eigenvalue weighted by Crippen LogP contribution is 2.31. The van der Waals surface area contributed by atoms with Gasteiger partial charge in [0, 0.05) is 5.69 Å². The molecule has 4 nitrogen and oxygen atoms in total. The number of nitrogens with zero attached hydrogens (tertiary/aromatic N) is 1. The van der Waals surface area contributed by atoms with Crippen LogP contribution in [0.15, 0.2) is 24.3 Å². The van der Waals surface area contributed by atoms with Gasteiger partial charge in [0.2, 0.25) is 0 Å². The molecule has 0 aromatic heterocycles. The number of amides is 2. The Balaban J connectivity index is 2.05. The van der Waals surface area contributed by atoms with Crippen LogP contribution in [0.3, 0.4) is 0 Å². The average Bonchev–Trinajstić information content (AvgIpc) is 2.87. The molecular formula is C14H14F3N3O. The summed E-state index contributed by atoms with van der Waals surface area (Å²) in [5, 5.41) is 14.0. The van der Waals surface area contributed by atoms with E-state index in [1.165, 1.54) is 12.1 Å². The quantitative estimate of drug-likeness (QED) is 0.875. The third-order valence-corrected chi connectivity index (χ3v) is 3.47. The van der Waals surface area contributed by atoms with E-state index in [-0.39, 0.29) is 5.69 Å². The first-order chi connectivity index (χ1) is 9.85. The second-order valence-corrected chi connectivity index (χ2v) is 5.06. The highest BCUT2D eigenvalue weighted by atomic mass is 19.4. The third-order valence-electron chi connectivity index (χ3n) is 3.47. The van der Waals surface area contributed by atoms with Gasteiger partial charge in [0.1, 0.15) is 5.54 Å². The van der Waals surface area contributed by atoms with Crippen molar-refractivity contribution >= 4 is 11.7 Å². The second kappa shape index (κ2) is 5.64. The summed E-state index contributed by atoms with van der Waals surface area (Å²) in [4.78, 5) is 11.8. The van der Waals surface area contributed by atoms with E-state index >= 15 is 0 Å². The van der Waals surface area contributed by atoms with Gasteiger partial charge < -0.3 is 10.6 Å². The van der Waals surface area contributed by atoms with E-state index in [1.807, 2.05) is 0 Å². The molecule has 0 spiro atoms. The molecule has 0 heterocycles. The average molecular weight is 297 g/mol. The minimum atomic E-state index is -4.46. The number of anilines is 1. The van der Waals surface area contributed by atoms with E-state index in [0.29, 0.717) is 12.8 Å². The van der Waals surface area contributed by atoms with E-state index in [2.05, 4.69) is 16.7 Å². The van der Waals surface area contributed by atoms with Crippen molar-refractivity contribution in [1.82, 2.24) is 5.32 Å². The number of carbonyl (C=O) groups is 1. The van der Waals surface area contributed by atoms with Crippen molar-refractivity contribution in [2.45, 2.75) is 37.4 Å². The number of hydrogen-bond acceptors (Lipinski definition) is 2. The standard InChI is InChI=1S/C14H14F3N3O/c15-14(16,17)10-4-3-5-11(8-10)19-12(21)20-13(9-18)6-1-2-7-13/h3-5,8H,1-2,6-7H2,(H2,19,20,21). The number of hydrogen-bond donors (Lipinski definition) is 2. The Morgan fingerprint density at radius 1 is 1.29 bits per heavy atom. The number of nitrogens with one attached hydrogen (secondary N) is 2. The molecule has 1 fully saturated rings. The van der Waals surface area contributed by atoms with Gasteiger partial charge in [0.25, 0.3) is 0 Å². The van der Waals surface area contributed by atoms with Crippen molar-refractivity contribution in [3.63, 3.8) is 0 Å². The summed E-state index contributed by atoms with van der Waals surface area (Å²) in [6.45, 7) is 0. The van der Waals surface area contributed by atoms with Crippen LogP contribution in [-0.4, -0.2) is 11.6 Å². The van der Waals surface area contributed by atoms with E-state index < -0.39 is 23.3 Å². The number of halogens is 3. The summed E-state index contributed by atoms with van der Waals surface area (Å²) in [7, 11) is 0. The lowest BCUT2D eigenvalue weighted by atomic mass is 10.0. The minimum Gasteiger partial charge on any atom is -0.319 e. The van der Waals surface area contributed by atoms with Gasteiger partial charge in [-0.05, 0) is 43.9 Å². The zero-order chi connectivity index (χ0) is 15.5. The second-order valence-electron chi connectivity index (χ2n) is 5.06. The van der Waals surface area contributed by atoms with Crippen molar-refractivity contribution in [2.24, 2.45) is 0 Å². The highest BCUT2D eigenvalue weighted by Gasteiger charge is 2.35. The first-order valence-corrected chi connectivity index (χ1v) is 6.52. The van der Waals surface area contributed by atoms with E-state index in [9.17, 15) is 18.0 Å². The molecule has 1 aromatic rings. The first-order valence-electron chi connectivity index (χ1n) is 6.52. The molecule has 0 unspecified atom stereocenters. The summed E-state index contributed by atoms with van der Waals surface area (Å²) in [5.74, 6) is 0. The lowest BCUT2D eigenvalue weighted by molar-refractivity contribution is -0.137. The fourth-order valence-electron chi connectivity index (χ4n) is 2.40. The van der Waals surface area contributed by atoms with Gasteiger partial charge in [-0.3, -0.25) is 0 Å². The summed E-state index contributed by atoms with van der Waals surface area (Å²) in [5.41, 5.74) is -1.71. The number of rotatable bonds is 2. The molecule has 2 amide bonds. The van der Waals surface area contributed by atoms with E-state index in [1.54, 1.807) is 0 Å². The Morgan fingerprint density at radius 3 is 2.52 bits per heavy atom. The Labute approximate surface area is 119 Å². The van der Waals surface area contributed by atoms with E-state index in [0.717, 1.165) is 25.0 Å². The van der Waals surface area contributed by atoms with Gasteiger partial charge in [-0.2, -0.15) is 18.4 Å². The molecule has 0 radical (unpaired) electrons. The monoisotopic (exact) mass is 297 g/mol. The summed E-state index contributed by atoms with van der Waals surface area (Å²) in [6, 6.07) is 5.77. The highest BCUT2D eigenvalue weighted by molar-refractivity contribution is 5.90. The largest absolute Gasteiger partial charge is 0.416 e. The van der Waals surface area contributed by atoms with Gasteiger partial charge in [-0.15, -0.1) is 0 Å². The van der Waals surface area contributed by atoms with Gasteiger partial charge in [-0.1, -0.05) is 6.07 Å². The molecule has 1 aliphatic carbocycles. The maximum atomic E-state index is 12.6. The Kier molecular flexibility index (Phi) is 4.07. The molecule has 112 valence electrons. The molecule has 7 heteroatoms. The van der Waals surface area contributed by atoms with Gasteiger partial charge >= 0.3 is 12.2 Å². The van der Waals surface area contributed by atoms with Crippen molar-refractivity contribution < 1.29 is 18.0 Å². The molecule has 2 N–H and O–H groups in total. The van der Waals surface area contributed by atoms with Gasteiger partial charge in [-0.25, -0.2) is 4.79 Å². The molecule has 21 heavy (non-hydrogen) atoms. The molecule has 0 bridgehead atoms. The van der Waals surface area contributed by atoms with Crippen molar-refractivity contribution in [2.75, 3.05) is 5.32 Å². The molecule has 1 aliphatic rings. The molecule has 0 atom stereocenters. The lowest BCUT2D eigenvalue weighted by Gasteiger charge is -2.22. The van der Waals surface area contributed by atoms with Crippen LogP contribution in [-0.2, 0) is 6.18 Å². The Bertz CT molecular complexity index is 572. The van der Waals surface area contributed by atoms with Crippen LogP contribution in [0.2, 0.25) is 0 Å². The molecule has 0 saturated heterocycles. The van der Waals surface area contributed by atoms with Crippen LogP contribution in [0.4, 0.5) is 23.7 Å². The van der Waals surface area contributed by atoms with Crippen LogP contribution in [0.5, 0.6) is 0 Å². The molecule has 2 rings (SSSR count). The maximum Gasteiger partial charge on any atom is 0.416 e. The fourth-order valence-corrected chi connectivity index (χ4v) is 2.40. The van der Waals surface area contributed by atoms with Crippen LogP contribution < -0.4 is 10.6 Å². The van der Waals surface area contributed by atoms with Crippen LogP contribution in [0, 0.1) is 11.3 Å². The number of alkyl halides is 3. The Morgan fingerprint density at radius 2 is 1.95 bits per heavy atom. The maximum absolute atomic E-state index is 12.6.